The van der Waals surface area contributed by atoms with Gasteiger partial charge in [-0.15, -0.1) is 11.8 Å². The highest BCUT2D eigenvalue weighted by Gasteiger charge is 2.20. The molecule has 0 radical (unpaired) electrons. The van der Waals surface area contributed by atoms with Crippen molar-refractivity contribution in [2.24, 2.45) is 0 Å². The van der Waals surface area contributed by atoms with E-state index in [1.807, 2.05) is 11.8 Å². The lowest BCUT2D eigenvalue weighted by Crippen LogP contribution is -2.15. The van der Waals surface area contributed by atoms with Crippen LogP contribution in [0.5, 0.6) is 0 Å². The number of unbranched alkanes of at least 4 members (excludes halogenated alkanes) is 2. The molecule has 1 fully saturated rings. The van der Waals surface area contributed by atoms with Gasteiger partial charge in [0.1, 0.15) is 0 Å². The molecule has 0 atom stereocenters. The lowest BCUT2D eigenvalue weighted by atomic mass is 10.1. The molecule has 1 aliphatic carbocycles. The Kier molecular flexibility index (Phi) is 5.58. The highest BCUT2D eigenvalue weighted by atomic mass is 32.2. The summed E-state index contributed by atoms with van der Waals surface area (Å²) in [6, 6.07) is 7.73. The topological polar surface area (TPSA) is 12.0 Å². The third kappa shape index (κ3) is 4.66. The molecule has 1 nitrogen and oxygen atoms in total. The Hall–Kier alpha value is -0.470. The van der Waals surface area contributed by atoms with Gasteiger partial charge in [0.05, 0.1) is 0 Å². The second-order valence-electron chi connectivity index (χ2n) is 5.30. The van der Waals surface area contributed by atoms with E-state index >= 15 is 0 Å². The fourth-order valence-corrected chi connectivity index (χ4v) is 3.05. The fraction of sp³-hybridized carbons (Fsp3) is 0.625. The van der Waals surface area contributed by atoms with Crippen molar-refractivity contribution in [3.63, 3.8) is 0 Å². The lowest BCUT2D eigenvalue weighted by molar-refractivity contribution is 0.685. The number of hydrogen-bond acceptors (Lipinski definition) is 2. The predicted molar refractivity (Wildman–Crippen MR) is 81.3 cm³/mol. The van der Waals surface area contributed by atoms with Crippen molar-refractivity contribution in [1.82, 2.24) is 5.32 Å². The first-order valence-electron chi connectivity index (χ1n) is 7.25. The highest BCUT2D eigenvalue weighted by Crippen LogP contribution is 2.24. The standard InChI is InChI=1S/C16H25NS/c1-3-4-5-10-18-16-9-6-14(13(2)11-16)12-17-15-7-8-15/h6,9,11,15,17H,3-5,7-8,10,12H2,1-2H3. The maximum absolute atomic E-state index is 3.59. The van der Waals surface area contributed by atoms with Gasteiger partial charge in [-0.05, 0) is 55.2 Å². The molecule has 2 rings (SSSR count). The summed E-state index contributed by atoms with van der Waals surface area (Å²) < 4.78 is 0. The van der Waals surface area contributed by atoms with E-state index in [2.05, 4.69) is 37.4 Å². The highest BCUT2D eigenvalue weighted by molar-refractivity contribution is 7.99. The van der Waals surface area contributed by atoms with Crippen LogP contribution in [0.3, 0.4) is 0 Å². The average molecular weight is 263 g/mol. The fourth-order valence-electron chi connectivity index (χ4n) is 2.04. The molecule has 0 spiro atoms. The molecule has 0 saturated heterocycles. The van der Waals surface area contributed by atoms with E-state index in [9.17, 15) is 0 Å². The Labute approximate surface area is 116 Å². The second kappa shape index (κ2) is 7.20. The van der Waals surface area contributed by atoms with E-state index < -0.39 is 0 Å². The van der Waals surface area contributed by atoms with Crippen molar-refractivity contribution in [1.29, 1.82) is 0 Å². The van der Waals surface area contributed by atoms with E-state index in [1.165, 1.54) is 53.9 Å². The summed E-state index contributed by atoms with van der Waals surface area (Å²) in [5, 5.41) is 3.59. The first kappa shape index (κ1) is 14.0. The van der Waals surface area contributed by atoms with Crippen LogP contribution in [0.4, 0.5) is 0 Å². The zero-order valence-corrected chi connectivity index (χ0v) is 12.5. The molecule has 0 aliphatic heterocycles. The first-order chi connectivity index (χ1) is 8.79. The number of aryl methyl sites for hydroxylation is 1. The molecule has 100 valence electrons. The van der Waals surface area contributed by atoms with E-state index in [0.717, 1.165) is 12.6 Å². The van der Waals surface area contributed by atoms with Gasteiger partial charge in [-0.2, -0.15) is 0 Å². The molecule has 0 amide bonds. The van der Waals surface area contributed by atoms with E-state index in [1.54, 1.807) is 0 Å². The Morgan fingerprint density at radius 2 is 2.11 bits per heavy atom. The van der Waals surface area contributed by atoms with Crippen molar-refractivity contribution < 1.29 is 0 Å². The van der Waals surface area contributed by atoms with Crippen LogP contribution in [0.15, 0.2) is 23.1 Å². The average Bonchev–Trinajstić information content (AvgIpc) is 3.18. The summed E-state index contributed by atoms with van der Waals surface area (Å²) in [4.78, 5) is 1.43. The molecule has 1 aliphatic rings. The summed E-state index contributed by atoms with van der Waals surface area (Å²) >= 11 is 2.00. The van der Waals surface area contributed by atoms with E-state index in [-0.39, 0.29) is 0 Å². The third-order valence-electron chi connectivity index (χ3n) is 3.49. The molecule has 1 N–H and O–H groups in total. The summed E-state index contributed by atoms with van der Waals surface area (Å²) in [5.41, 5.74) is 2.89. The molecule has 0 heterocycles. The normalized spacial score (nSPS) is 15.0. The molecule has 0 bridgehead atoms. The zero-order chi connectivity index (χ0) is 12.8. The van der Waals surface area contributed by atoms with Crippen LogP contribution in [0.1, 0.15) is 50.2 Å². The van der Waals surface area contributed by atoms with Gasteiger partial charge < -0.3 is 5.32 Å². The summed E-state index contributed by atoms with van der Waals surface area (Å²) in [7, 11) is 0. The Balaban J connectivity index is 1.79. The zero-order valence-electron chi connectivity index (χ0n) is 11.7. The van der Waals surface area contributed by atoms with Gasteiger partial charge in [-0.25, -0.2) is 0 Å². The van der Waals surface area contributed by atoms with Crippen LogP contribution < -0.4 is 5.32 Å². The quantitative estimate of drug-likeness (QED) is 0.546. The Morgan fingerprint density at radius 1 is 1.28 bits per heavy atom. The van der Waals surface area contributed by atoms with Gasteiger partial charge in [0.15, 0.2) is 0 Å². The van der Waals surface area contributed by atoms with Gasteiger partial charge in [0.2, 0.25) is 0 Å². The number of thioether (sulfide) groups is 1. The molecule has 0 unspecified atom stereocenters. The largest absolute Gasteiger partial charge is 0.310 e. The maximum Gasteiger partial charge on any atom is 0.0210 e. The van der Waals surface area contributed by atoms with Crippen molar-refractivity contribution in [3.05, 3.63) is 29.3 Å². The molecule has 1 aromatic rings. The monoisotopic (exact) mass is 263 g/mol. The molecule has 1 aromatic carbocycles. The number of rotatable bonds is 8. The second-order valence-corrected chi connectivity index (χ2v) is 6.47. The van der Waals surface area contributed by atoms with Crippen LogP contribution in [-0.2, 0) is 6.54 Å². The summed E-state index contributed by atoms with van der Waals surface area (Å²) in [5.74, 6) is 1.26. The molecule has 1 saturated carbocycles. The van der Waals surface area contributed by atoms with Gasteiger partial charge in [0, 0.05) is 17.5 Å². The van der Waals surface area contributed by atoms with Gasteiger partial charge >= 0.3 is 0 Å². The minimum Gasteiger partial charge on any atom is -0.310 e. The lowest BCUT2D eigenvalue weighted by Gasteiger charge is -2.09. The predicted octanol–water partition coefficient (Wildman–Crippen LogP) is 4.53. The van der Waals surface area contributed by atoms with Crippen molar-refractivity contribution in [3.8, 4) is 0 Å². The first-order valence-corrected chi connectivity index (χ1v) is 8.24. The van der Waals surface area contributed by atoms with Gasteiger partial charge in [-0.3, -0.25) is 0 Å². The molecular formula is C16H25NS. The van der Waals surface area contributed by atoms with Crippen molar-refractivity contribution in [2.75, 3.05) is 5.75 Å². The van der Waals surface area contributed by atoms with Gasteiger partial charge in [-0.1, -0.05) is 25.8 Å². The van der Waals surface area contributed by atoms with Crippen LogP contribution in [-0.4, -0.2) is 11.8 Å². The van der Waals surface area contributed by atoms with E-state index in [4.69, 9.17) is 0 Å². The summed E-state index contributed by atoms with van der Waals surface area (Å²) in [6.45, 7) is 5.54. The summed E-state index contributed by atoms with van der Waals surface area (Å²) in [6.07, 6.45) is 6.74. The van der Waals surface area contributed by atoms with Crippen LogP contribution in [0.25, 0.3) is 0 Å². The van der Waals surface area contributed by atoms with Crippen LogP contribution in [0, 0.1) is 6.92 Å². The van der Waals surface area contributed by atoms with Crippen molar-refractivity contribution in [2.45, 2.75) is 63.4 Å². The SMILES string of the molecule is CCCCCSc1ccc(CNC2CC2)c(C)c1. The van der Waals surface area contributed by atoms with Crippen LogP contribution in [0.2, 0.25) is 0 Å². The Bertz CT molecular complexity index is 371. The number of hydrogen-bond donors (Lipinski definition) is 1. The van der Waals surface area contributed by atoms with Crippen molar-refractivity contribution >= 4 is 11.8 Å². The van der Waals surface area contributed by atoms with E-state index in [0.29, 0.717) is 0 Å². The van der Waals surface area contributed by atoms with Gasteiger partial charge in [0.25, 0.3) is 0 Å². The third-order valence-corrected chi connectivity index (χ3v) is 4.57. The Morgan fingerprint density at radius 3 is 2.78 bits per heavy atom. The molecule has 0 aromatic heterocycles. The molecular weight excluding hydrogens is 238 g/mol. The minimum atomic E-state index is 0.799. The molecule has 2 heteroatoms. The molecule has 18 heavy (non-hydrogen) atoms. The minimum absolute atomic E-state index is 0.799. The maximum atomic E-state index is 3.59. The number of benzene rings is 1. The smallest absolute Gasteiger partial charge is 0.0210 e. The van der Waals surface area contributed by atoms with Crippen LogP contribution >= 0.6 is 11.8 Å². The number of nitrogens with one attached hydrogen (secondary N) is 1.